The Morgan fingerprint density at radius 3 is 2.55 bits per heavy atom. The Morgan fingerprint density at radius 2 is 1.85 bits per heavy atom. The van der Waals surface area contributed by atoms with Crippen LogP contribution in [0.2, 0.25) is 0 Å². The number of aromatic nitrogens is 4. The number of hydrogen-bond acceptors (Lipinski definition) is 5. The molecule has 0 bridgehead atoms. The lowest BCUT2D eigenvalue weighted by atomic mass is 10.0. The van der Waals surface area contributed by atoms with Crippen LogP contribution in [0.4, 0.5) is 0 Å². The van der Waals surface area contributed by atoms with Crippen molar-refractivity contribution < 1.29 is 0 Å². The zero-order valence-electron chi connectivity index (χ0n) is 18.8. The quantitative estimate of drug-likeness (QED) is 0.416. The maximum atomic E-state index is 13.6. The van der Waals surface area contributed by atoms with E-state index in [1.165, 1.54) is 0 Å². The first-order valence-corrected chi connectivity index (χ1v) is 11.1. The lowest BCUT2D eigenvalue weighted by Crippen LogP contribution is -2.29. The van der Waals surface area contributed by atoms with Gasteiger partial charge < -0.3 is 0 Å². The van der Waals surface area contributed by atoms with Gasteiger partial charge >= 0.3 is 0 Å². The van der Waals surface area contributed by atoms with Gasteiger partial charge in [-0.15, -0.1) is 0 Å². The predicted octanol–water partition coefficient (Wildman–Crippen LogP) is 4.80. The molecule has 0 aliphatic heterocycles. The van der Waals surface area contributed by atoms with E-state index in [0.717, 1.165) is 41.8 Å². The van der Waals surface area contributed by atoms with Crippen molar-refractivity contribution in [3.8, 4) is 23.1 Å². The lowest BCUT2D eigenvalue weighted by Gasteiger charge is -2.15. The summed E-state index contributed by atoms with van der Waals surface area (Å²) in [5, 5.41) is 9.38. The molecule has 3 heterocycles. The molecule has 33 heavy (non-hydrogen) atoms. The number of nitrogens with zero attached hydrogens (tertiary/aromatic N) is 5. The van der Waals surface area contributed by atoms with E-state index in [2.05, 4.69) is 23.0 Å². The van der Waals surface area contributed by atoms with Crippen LogP contribution in [0.15, 0.2) is 71.8 Å². The molecule has 1 aromatic carbocycles. The normalized spacial score (nSPS) is 10.7. The van der Waals surface area contributed by atoms with Crippen LogP contribution in [0, 0.1) is 18.3 Å². The first kappa shape index (κ1) is 22.1. The molecule has 6 heteroatoms. The van der Waals surface area contributed by atoms with Crippen molar-refractivity contribution in [1.82, 2.24) is 19.5 Å². The molecule has 0 atom stereocenters. The molecule has 0 aliphatic carbocycles. The monoisotopic (exact) mass is 435 g/mol. The molecule has 0 aliphatic rings. The summed E-state index contributed by atoms with van der Waals surface area (Å²) in [5.41, 5.74) is 4.45. The molecule has 0 fully saturated rings. The average molecular weight is 436 g/mol. The molecule has 0 saturated heterocycles. The van der Waals surface area contributed by atoms with Gasteiger partial charge in [-0.3, -0.25) is 9.78 Å². The van der Waals surface area contributed by atoms with Crippen molar-refractivity contribution in [2.45, 2.75) is 39.5 Å². The van der Waals surface area contributed by atoms with E-state index in [4.69, 9.17) is 4.98 Å². The van der Waals surface area contributed by atoms with E-state index in [1.807, 2.05) is 55.5 Å². The highest BCUT2D eigenvalue weighted by atomic mass is 16.1. The molecular weight excluding hydrogens is 410 g/mol. The number of pyridine rings is 2. The third-order valence-corrected chi connectivity index (χ3v) is 5.60. The summed E-state index contributed by atoms with van der Waals surface area (Å²) in [4.78, 5) is 27.3. The van der Waals surface area contributed by atoms with E-state index in [0.29, 0.717) is 29.2 Å². The van der Waals surface area contributed by atoms with E-state index in [-0.39, 0.29) is 5.56 Å². The van der Waals surface area contributed by atoms with Gasteiger partial charge in [-0.1, -0.05) is 43.7 Å². The average Bonchev–Trinajstić information content (AvgIpc) is 2.85. The highest BCUT2D eigenvalue weighted by Crippen LogP contribution is 2.22. The summed E-state index contributed by atoms with van der Waals surface area (Å²) >= 11 is 0. The van der Waals surface area contributed by atoms with Crippen LogP contribution in [-0.4, -0.2) is 19.5 Å². The first-order valence-electron chi connectivity index (χ1n) is 11.1. The van der Waals surface area contributed by atoms with Crippen molar-refractivity contribution in [1.29, 1.82) is 5.26 Å². The second-order valence-electron chi connectivity index (χ2n) is 7.90. The highest BCUT2D eigenvalue weighted by molar-refractivity contribution is 5.67. The minimum absolute atomic E-state index is 0.0915. The zero-order chi connectivity index (χ0) is 23.2. The number of hydrogen-bond donors (Lipinski definition) is 0. The maximum absolute atomic E-state index is 13.6. The second kappa shape index (κ2) is 10.0. The summed E-state index contributed by atoms with van der Waals surface area (Å²) in [6.45, 7) is 3.97. The second-order valence-corrected chi connectivity index (χ2v) is 7.90. The fourth-order valence-corrected chi connectivity index (χ4v) is 3.90. The van der Waals surface area contributed by atoms with Crippen molar-refractivity contribution in [2.24, 2.45) is 0 Å². The van der Waals surface area contributed by atoms with Crippen LogP contribution in [0.25, 0.3) is 17.1 Å². The smallest absolute Gasteiger partial charge is 0.263 e. The number of rotatable bonds is 7. The molecule has 0 saturated carbocycles. The molecule has 164 valence electrons. The molecule has 4 aromatic rings. The summed E-state index contributed by atoms with van der Waals surface area (Å²) in [5.74, 6) is 1.20. The van der Waals surface area contributed by atoms with Crippen molar-refractivity contribution in [3.05, 3.63) is 106 Å². The van der Waals surface area contributed by atoms with E-state index >= 15 is 0 Å². The Balaban J connectivity index is 1.73. The van der Waals surface area contributed by atoms with Crippen molar-refractivity contribution in [3.63, 3.8) is 0 Å². The van der Waals surface area contributed by atoms with E-state index < -0.39 is 0 Å². The van der Waals surface area contributed by atoms with Crippen LogP contribution in [-0.2, 0) is 12.8 Å². The lowest BCUT2D eigenvalue weighted by molar-refractivity contribution is 0.729. The van der Waals surface area contributed by atoms with Crippen LogP contribution in [0.3, 0.4) is 0 Å². The first-order chi connectivity index (χ1) is 16.1. The Hall–Kier alpha value is -4.11. The number of benzene rings is 1. The molecule has 0 radical (unpaired) electrons. The molecule has 0 spiro atoms. The van der Waals surface area contributed by atoms with Crippen LogP contribution in [0.5, 0.6) is 0 Å². The Labute approximate surface area is 193 Å². The van der Waals surface area contributed by atoms with Gasteiger partial charge in [-0.2, -0.15) is 5.26 Å². The molecule has 4 rings (SSSR count). The molecule has 6 nitrogen and oxygen atoms in total. The Bertz CT molecular complexity index is 1350. The summed E-state index contributed by atoms with van der Waals surface area (Å²) < 4.78 is 1.58. The van der Waals surface area contributed by atoms with Gasteiger partial charge in [0.15, 0.2) is 0 Å². The predicted molar refractivity (Wildman–Crippen MR) is 128 cm³/mol. The summed E-state index contributed by atoms with van der Waals surface area (Å²) in [6, 6.07) is 19.0. The minimum Gasteiger partial charge on any atom is -0.268 e. The number of aryl methyl sites for hydroxylation is 2. The molecule has 0 unspecified atom stereocenters. The fourth-order valence-electron chi connectivity index (χ4n) is 3.90. The van der Waals surface area contributed by atoms with Gasteiger partial charge in [0.1, 0.15) is 11.6 Å². The summed E-state index contributed by atoms with van der Waals surface area (Å²) in [6.07, 6.45) is 6.63. The van der Waals surface area contributed by atoms with Gasteiger partial charge in [-0.05, 0) is 49.6 Å². The van der Waals surface area contributed by atoms with Gasteiger partial charge in [0.05, 0.1) is 23.0 Å². The zero-order valence-corrected chi connectivity index (χ0v) is 18.8. The van der Waals surface area contributed by atoms with Crippen LogP contribution >= 0.6 is 0 Å². The standard InChI is InChI=1S/C27H25N5O/c1-3-4-11-25-23(27(33)32(19(2)31-25)26-12-7-8-15-29-26)16-20-13-14-24(30-18-20)22-10-6-5-9-21(22)17-28/h5-10,12-15,18H,3-4,11,16H2,1-2H3. The molecule has 3 aromatic heterocycles. The fraction of sp³-hybridized carbons (Fsp3) is 0.222. The van der Waals surface area contributed by atoms with Gasteiger partial charge in [-0.25, -0.2) is 14.5 Å². The Kier molecular flexibility index (Phi) is 6.70. The van der Waals surface area contributed by atoms with Crippen LogP contribution < -0.4 is 5.56 Å². The van der Waals surface area contributed by atoms with Crippen LogP contribution in [0.1, 0.15) is 48.0 Å². The molecule has 0 amide bonds. The van der Waals surface area contributed by atoms with Crippen molar-refractivity contribution in [2.75, 3.05) is 0 Å². The number of unbranched alkanes of at least 4 members (excludes halogenated alkanes) is 1. The van der Waals surface area contributed by atoms with Gasteiger partial charge in [0.25, 0.3) is 5.56 Å². The number of nitriles is 1. The third-order valence-electron chi connectivity index (χ3n) is 5.60. The van der Waals surface area contributed by atoms with Gasteiger partial charge in [0.2, 0.25) is 0 Å². The van der Waals surface area contributed by atoms with E-state index in [9.17, 15) is 10.1 Å². The topological polar surface area (TPSA) is 84.5 Å². The third kappa shape index (κ3) is 4.73. The molecular formula is C27H25N5O. The van der Waals surface area contributed by atoms with Gasteiger partial charge in [0, 0.05) is 29.9 Å². The maximum Gasteiger partial charge on any atom is 0.263 e. The van der Waals surface area contributed by atoms with Crippen molar-refractivity contribution >= 4 is 0 Å². The van der Waals surface area contributed by atoms with E-state index in [1.54, 1.807) is 23.0 Å². The SMILES string of the molecule is CCCCc1nc(C)n(-c2ccccn2)c(=O)c1Cc1ccc(-c2ccccc2C#N)nc1. The minimum atomic E-state index is -0.0915. The summed E-state index contributed by atoms with van der Waals surface area (Å²) in [7, 11) is 0. The largest absolute Gasteiger partial charge is 0.268 e. The highest BCUT2D eigenvalue weighted by Gasteiger charge is 2.17. The Morgan fingerprint density at radius 1 is 1.03 bits per heavy atom. The molecule has 0 N–H and O–H groups in total.